The molecule has 118 valence electrons. The summed E-state index contributed by atoms with van der Waals surface area (Å²) >= 11 is 0. The van der Waals surface area contributed by atoms with Crippen LogP contribution in [0.1, 0.15) is 33.1 Å². The molecular weight excluding hydrogens is 274 g/mol. The average molecular weight is 299 g/mol. The number of hydrogen-bond donors (Lipinski definition) is 2. The van der Waals surface area contributed by atoms with Crippen molar-refractivity contribution in [3.8, 4) is 0 Å². The van der Waals surface area contributed by atoms with Gasteiger partial charge in [-0.3, -0.25) is 4.79 Å². The summed E-state index contributed by atoms with van der Waals surface area (Å²) < 4.78 is 0. The molecule has 0 spiro atoms. The second-order valence-electron chi connectivity index (χ2n) is 8.10. The van der Waals surface area contributed by atoms with Gasteiger partial charge in [0, 0.05) is 17.4 Å². The molecular formula is C19H25NO2. The lowest BCUT2D eigenvalue weighted by Crippen LogP contribution is -2.54. The first kappa shape index (κ1) is 14.4. The van der Waals surface area contributed by atoms with E-state index in [4.69, 9.17) is 5.73 Å². The van der Waals surface area contributed by atoms with Gasteiger partial charge in [-0.2, -0.15) is 0 Å². The number of hydrogen-bond acceptors (Lipinski definition) is 3. The topological polar surface area (TPSA) is 63.3 Å². The number of nitrogens with two attached hydrogens (primary N) is 1. The van der Waals surface area contributed by atoms with E-state index < -0.39 is 6.10 Å². The number of ketones is 1. The highest BCUT2D eigenvalue weighted by Gasteiger charge is 2.58. The summed E-state index contributed by atoms with van der Waals surface area (Å²) in [5.74, 6) is 0.868. The Kier molecular flexibility index (Phi) is 2.90. The largest absolute Gasteiger partial charge is 0.389 e. The van der Waals surface area contributed by atoms with Crippen LogP contribution in [0.25, 0.3) is 0 Å². The summed E-state index contributed by atoms with van der Waals surface area (Å²) in [6.07, 6.45) is 12.4. The molecule has 7 atom stereocenters. The van der Waals surface area contributed by atoms with Crippen LogP contribution >= 0.6 is 0 Å². The van der Waals surface area contributed by atoms with Crippen LogP contribution in [0.2, 0.25) is 0 Å². The lowest BCUT2D eigenvalue weighted by atomic mass is 9.48. The molecule has 3 nitrogen and oxygen atoms in total. The van der Waals surface area contributed by atoms with Crippen LogP contribution in [-0.2, 0) is 4.79 Å². The molecule has 1 saturated carbocycles. The summed E-state index contributed by atoms with van der Waals surface area (Å²) in [4.78, 5) is 12.9. The molecule has 4 aliphatic carbocycles. The van der Waals surface area contributed by atoms with Crippen molar-refractivity contribution < 1.29 is 9.90 Å². The zero-order valence-corrected chi connectivity index (χ0v) is 13.3. The first-order valence-electron chi connectivity index (χ1n) is 8.42. The van der Waals surface area contributed by atoms with Crippen molar-refractivity contribution in [1.82, 2.24) is 0 Å². The molecule has 0 aromatic heterocycles. The van der Waals surface area contributed by atoms with Crippen LogP contribution in [0.3, 0.4) is 0 Å². The number of carbonyl (C=O) groups is 1. The van der Waals surface area contributed by atoms with Crippen molar-refractivity contribution in [2.75, 3.05) is 0 Å². The fourth-order valence-electron chi connectivity index (χ4n) is 5.48. The smallest absolute Gasteiger partial charge is 0.159 e. The molecule has 3 heteroatoms. The van der Waals surface area contributed by atoms with E-state index in [9.17, 15) is 9.90 Å². The van der Waals surface area contributed by atoms with Gasteiger partial charge in [-0.05, 0) is 42.6 Å². The van der Waals surface area contributed by atoms with Crippen LogP contribution in [-0.4, -0.2) is 23.0 Å². The molecule has 0 aromatic rings. The van der Waals surface area contributed by atoms with Crippen molar-refractivity contribution >= 4 is 5.78 Å². The molecule has 0 aromatic carbocycles. The van der Waals surface area contributed by atoms with E-state index in [1.807, 2.05) is 12.2 Å². The molecule has 0 radical (unpaired) electrons. The van der Waals surface area contributed by atoms with Gasteiger partial charge in [0.2, 0.25) is 0 Å². The van der Waals surface area contributed by atoms with Gasteiger partial charge in [0.15, 0.2) is 5.78 Å². The summed E-state index contributed by atoms with van der Waals surface area (Å²) in [6.45, 7) is 4.49. The highest BCUT2D eigenvalue weighted by Crippen LogP contribution is 2.61. The fraction of sp³-hybridized carbons (Fsp3) is 0.632. The van der Waals surface area contributed by atoms with Crippen LogP contribution in [0.4, 0.5) is 0 Å². The highest BCUT2D eigenvalue weighted by atomic mass is 16.3. The second-order valence-corrected chi connectivity index (χ2v) is 8.10. The second kappa shape index (κ2) is 4.42. The van der Waals surface area contributed by atoms with Crippen molar-refractivity contribution in [2.24, 2.45) is 34.3 Å². The van der Waals surface area contributed by atoms with Gasteiger partial charge < -0.3 is 10.8 Å². The minimum Gasteiger partial charge on any atom is -0.389 e. The Morgan fingerprint density at radius 2 is 2.05 bits per heavy atom. The Labute approximate surface area is 132 Å². The maximum absolute atomic E-state index is 12.9. The Hall–Kier alpha value is -1.19. The van der Waals surface area contributed by atoms with Crippen molar-refractivity contribution in [1.29, 1.82) is 0 Å². The minimum atomic E-state index is -0.447. The number of aliphatic hydroxyl groups is 1. The van der Waals surface area contributed by atoms with Gasteiger partial charge in [-0.25, -0.2) is 0 Å². The number of carbonyl (C=O) groups excluding carboxylic acids is 1. The van der Waals surface area contributed by atoms with Crippen LogP contribution < -0.4 is 5.73 Å². The van der Waals surface area contributed by atoms with E-state index in [0.717, 1.165) is 18.4 Å². The normalized spacial score (nSPS) is 52.8. The number of aliphatic hydroxyl groups excluding tert-OH is 1. The molecule has 0 amide bonds. The van der Waals surface area contributed by atoms with Crippen molar-refractivity contribution in [3.05, 3.63) is 36.0 Å². The van der Waals surface area contributed by atoms with Gasteiger partial charge in [-0.1, -0.05) is 43.7 Å². The average Bonchev–Trinajstić information content (AvgIpc) is 2.77. The van der Waals surface area contributed by atoms with Gasteiger partial charge in [0.05, 0.1) is 6.10 Å². The summed E-state index contributed by atoms with van der Waals surface area (Å²) in [5, 5.41) is 9.90. The zero-order valence-electron chi connectivity index (χ0n) is 13.3. The van der Waals surface area contributed by atoms with Gasteiger partial charge in [0.25, 0.3) is 0 Å². The number of rotatable bonds is 0. The Morgan fingerprint density at radius 3 is 2.82 bits per heavy atom. The van der Waals surface area contributed by atoms with E-state index in [2.05, 4.69) is 32.1 Å². The van der Waals surface area contributed by atoms with E-state index in [0.29, 0.717) is 12.3 Å². The monoisotopic (exact) mass is 299 g/mol. The molecule has 22 heavy (non-hydrogen) atoms. The standard InChI is InChI=1S/C19H25NO2/c1-18-7-5-12(21)9-11(18)10-15(22)17-13-3-4-16(20)19(13,2)8-6-14(17)18/h3-5,7,10,12-14,16-17,21H,6,8-9,20H2,1-2H3/t12?,13-,14+,16?,17?,18-,19-/m0/s1. The molecule has 0 bridgehead atoms. The predicted octanol–water partition coefficient (Wildman–Crippen LogP) is 2.37. The molecule has 0 heterocycles. The Morgan fingerprint density at radius 1 is 1.27 bits per heavy atom. The Bertz CT molecular complexity index is 619. The summed E-state index contributed by atoms with van der Waals surface area (Å²) in [5.41, 5.74) is 7.37. The van der Waals surface area contributed by atoms with Gasteiger partial charge in [0.1, 0.15) is 0 Å². The lowest BCUT2D eigenvalue weighted by Gasteiger charge is -2.55. The quantitative estimate of drug-likeness (QED) is 0.675. The fourth-order valence-corrected chi connectivity index (χ4v) is 5.48. The molecule has 1 fully saturated rings. The SMILES string of the molecule is C[C@]12C=CC(O)CC1=CC(=O)C1[C@H]2CC[C@]2(C)C(N)C=C[C@@H]12. The first-order valence-corrected chi connectivity index (χ1v) is 8.42. The molecule has 3 N–H and O–H groups in total. The van der Waals surface area contributed by atoms with Crippen LogP contribution in [0.5, 0.6) is 0 Å². The number of allylic oxidation sites excluding steroid dienone is 3. The highest BCUT2D eigenvalue weighted by molar-refractivity contribution is 5.95. The first-order chi connectivity index (χ1) is 10.4. The van der Waals surface area contributed by atoms with E-state index in [1.165, 1.54) is 0 Å². The number of fused-ring (bicyclic) bond motifs is 5. The zero-order chi connectivity index (χ0) is 15.7. The van der Waals surface area contributed by atoms with Crippen LogP contribution in [0, 0.1) is 28.6 Å². The lowest BCUT2D eigenvalue weighted by molar-refractivity contribution is -0.129. The van der Waals surface area contributed by atoms with E-state index in [1.54, 1.807) is 0 Å². The van der Waals surface area contributed by atoms with E-state index in [-0.39, 0.29) is 34.5 Å². The minimum absolute atomic E-state index is 0.0242. The third-order valence-corrected chi connectivity index (χ3v) is 7.06. The molecule has 0 saturated heterocycles. The van der Waals surface area contributed by atoms with Crippen LogP contribution in [0.15, 0.2) is 36.0 Å². The van der Waals surface area contributed by atoms with Gasteiger partial charge in [-0.15, -0.1) is 0 Å². The third kappa shape index (κ3) is 1.67. The van der Waals surface area contributed by atoms with Crippen molar-refractivity contribution in [3.63, 3.8) is 0 Å². The van der Waals surface area contributed by atoms with Crippen molar-refractivity contribution in [2.45, 2.75) is 45.3 Å². The third-order valence-electron chi connectivity index (χ3n) is 7.06. The summed E-state index contributed by atoms with van der Waals surface area (Å²) in [7, 11) is 0. The molecule has 3 unspecified atom stereocenters. The van der Waals surface area contributed by atoms with Gasteiger partial charge >= 0.3 is 0 Å². The maximum atomic E-state index is 12.9. The summed E-state index contributed by atoms with van der Waals surface area (Å²) in [6, 6.07) is 0.0631. The van der Waals surface area contributed by atoms with E-state index >= 15 is 0 Å². The maximum Gasteiger partial charge on any atom is 0.159 e. The molecule has 0 aliphatic heterocycles. The predicted molar refractivity (Wildman–Crippen MR) is 85.9 cm³/mol. The molecule has 4 aliphatic rings. The Balaban J connectivity index is 1.79. The molecule has 4 rings (SSSR count).